The molecule has 1 aliphatic rings. The molecule has 3 aromatic heterocycles. The minimum Gasteiger partial charge on any atom is -0.491 e. The summed E-state index contributed by atoms with van der Waals surface area (Å²) >= 11 is 0. The zero-order valence-electron chi connectivity index (χ0n) is 15.0. The second-order valence-corrected chi connectivity index (χ2v) is 6.07. The Labute approximate surface area is 156 Å². The minimum atomic E-state index is -0.0326. The van der Waals surface area contributed by atoms with Gasteiger partial charge in [0.25, 0.3) is 0 Å². The third-order valence-electron chi connectivity index (χ3n) is 4.31. The predicted molar refractivity (Wildman–Crippen MR) is 96.3 cm³/mol. The molecule has 0 saturated carbocycles. The average Bonchev–Trinajstić information content (AvgIpc) is 3.39. The van der Waals surface area contributed by atoms with Gasteiger partial charge in [0.1, 0.15) is 24.1 Å². The van der Waals surface area contributed by atoms with Crippen molar-refractivity contribution in [2.24, 2.45) is 0 Å². The molecule has 140 valence electrons. The second-order valence-electron chi connectivity index (χ2n) is 6.07. The van der Waals surface area contributed by atoms with Crippen molar-refractivity contribution in [1.29, 1.82) is 0 Å². The van der Waals surface area contributed by atoms with Crippen molar-refractivity contribution in [3.63, 3.8) is 0 Å². The SMILES string of the molecule is COCCOc1ccnc(-c2noc([C@H]3CCCN3c3ncccn3)n2)c1. The van der Waals surface area contributed by atoms with E-state index in [1.54, 1.807) is 43.9 Å². The Morgan fingerprint density at radius 2 is 2.07 bits per heavy atom. The number of hydrogen-bond donors (Lipinski definition) is 0. The molecular weight excluding hydrogens is 348 g/mol. The molecular formula is C18H20N6O3. The Kier molecular flexibility index (Phi) is 5.20. The Bertz CT molecular complexity index is 872. The van der Waals surface area contributed by atoms with Gasteiger partial charge in [0, 0.05) is 38.3 Å². The fourth-order valence-electron chi connectivity index (χ4n) is 3.04. The van der Waals surface area contributed by atoms with Crippen molar-refractivity contribution in [2.45, 2.75) is 18.9 Å². The molecule has 1 fully saturated rings. The molecule has 1 saturated heterocycles. The van der Waals surface area contributed by atoms with Gasteiger partial charge in [-0.3, -0.25) is 4.98 Å². The van der Waals surface area contributed by atoms with Crippen molar-refractivity contribution in [1.82, 2.24) is 25.1 Å². The number of methoxy groups -OCH3 is 1. The smallest absolute Gasteiger partial charge is 0.249 e. The first kappa shape index (κ1) is 17.3. The highest BCUT2D eigenvalue weighted by molar-refractivity contribution is 5.51. The van der Waals surface area contributed by atoms with Crippen LogP contribution >= 0.6 is 0 Å². The van der Waals surface area contributed by atoms with Gasteiger partial charge in [0.05, 0.1) is 6.61 Å². The number of aromatic nitrogens is 5. The summed E-state index contributed by atoms with van der Waals surface area (Å²) in [5.41, 5.74) is 0.598. The van der Waals surface area contributed by atoms with Crippen LogP contribution in [0.15, 0.2) is 41.3 Å². The standard InChI is InChI=1S/C18H20N6O3/c1-25-10-11-26-13-5-8-19-14(12-13)16-22-17(27-23-16)15-4-2-9-24(15)18-20-6-3-7-21-18/h3,5-8,12,15H,2,4,9-11H2,1H3/t15-/m1/s1. The molecule has 9 nitrogen and oxygen atoms in total. The van der Waals surface area contributed by atoms with E-state index in [-0.39, 0.29) is 6.04 Å². The molecule has 0 bridgehead atoms. The molecule has 0 unspecified atom stereocenters. The number of nitrogens with zero attached hydrogens (tertiary/aromatic N) is 6. The lowest BCUT2D eigenvalue weighted by atomic mass is 10.2. The van der Waals surface area contributed by atoms with E-state index in [2.05, 4.69) is 30.0 Å². The number of hydrogen-bond acceptors (Lipinski definition) is 9. The summed E-state index contributed by atoms with van der Waals surface area (Å²) in [6.45, 7) is 1.84. The summed E-state index contributed by atoms with van der Waals surface area (Å²) in [6.07, 6.45) is 7.05. The molecule has 27 heavy (non-hydrogen) atoms. The Morgan fingerprint density at radius 3 is 2.93 bits per heavy atom. The fraction of sp³-hybridized carbons (Fsp3) is 0.389. The van der Waals surface area contributed by atoms with Crippen LogP contribution in [0.4, 0.5) is 5.95 Å². The minimum absolute atomic E-state index is 0.0326. The highest BCUT2D eigenvalue weighted by atomic mass is 16.5. The Hall–Kier alpha value is -3.07. The molecule has 9 heteroatoms. The fourth-order valence-corrected chi connectivity index (χ4v) is 3.04. The maximum atomic E-state index is 5.61. The molecule has 0 aliphatic carbocycles. The zero-order chi connectivity index (χ0) is 18.5. The monoisotopic (exact) mass is 368 g/mol. The molecule has 0 radical (unpaired) electrons. The van der Waals surface area contributed by atoms with Crippen LogP contribution in [0.5, 0.6) is 5.75 Å². The van der Waals surface area contributed by atoms with Gasteiger partial charge >= 0.3 is 0 Å². The van der Waals surface area contributed by atoms with Crippen LogP contribution in [0.1, 0.15) is 24.8 Å². The summed E-state index contributed by atoms with van der Waals surface area (Å²) in [4.78, 5) is 19.6. The van der Waals surface area contributed by atoms with Crippen LogP contribution < -0.4 is 9.64 Å². The van der Waals surface area contributed by atoms with E-state index in [1.165, 1.54) is 0 Å². The first-order chi connectivity index (χ1) is 13.3. The van der Waals surface area contributed by atoms with Crippen LogP contribution in [0.25, 0.3) is 11.5 Å². The number of anilines is 1. The van der Waals surface area contributed by atoms with Gasteiger partial charge in [-0.05, 0) is 25.0 Å². The first-order valence-corrected chi connectivity index (χ1v) is 8.80. The lowest BCUT2D eigenvalue weighted by molar-refractivity contribution is 0.146. The van der Waals surface area contributed by atoms with Gasteiger partial charge in [-0.2, -0.15) is 4.98 Å². The third-order valence-corrected chi connectivity index (χ3v) is 4.31. The topological polar surface area (TPSA) is 99.3 Å². The maximum Gasteiger partial charge on any atom is 0.249 e. The third kappa shape index (κ3) is 3.87. The van der Waals surface area contributed by atoms with Gasteiger partial charge in [0.2, 0.25) is 17.7 Å². The Morgan fingerprint density at radius 1 is 1.19 bits per heavy atom. The van der Waals surface area contributed by atoms with Crippen molar-refractivity contribution < 1.29 is 14.0 Å². The second kappa shape index (κ2) is 8.09. The van der Waals surface area contributed by atoms with Gasteiger partial charge < -0.3 is 18.9 Å². The average molecular weight is 368 g/mol. The predicted octanol–water partition coefficient (Wildman–Crippen LogP) is 2.29. The van der Waals surface area contributed by atoms with Crippen molar-refractivity contribution >= 4 is 5.95 Å². The van der Waals surface area contributed by atoms with E-state index >= 15 is 0 Å². The molecule has 0 spiro atoms. The van der Waals surface area contributed by atoms with Gasteiger partial charge in [-0.15, -0.1) is 0 Å². The summed E-state index contributed by atoms with van der Waals surface area (Å²) in [6, 6.07) is 5.34. The van der Waals surface area contributed by atoms with Crippen LogP contribution in [0.2, 0.25) is 0 Å². The maximum absolute atomic E-state index is 5.61. The summed E-state index contributed by atoms with van der Waals surface area (Å²) in [7, 11) is 1.63. The van der Waals surface area contributed by atoms with Gasteiger partial charge in [0.15, 0.2) is 0 Å². The van der Waals surface area contributed by atoms with Crippen LogP contribution in [0.3, 0.4) is 0 Å². The molecule has 4 rings (SSSR count). The highest BCUT2D eigenvalue weighted by Crippen LogP contribution is 2.34. The number of ether oxygens (including phenoxy) is 2. The van der Waals surface area contributed by atoms with Crippen molar-refractivity contribution in [3.8, 4) is 17.3 Å². The highest BCUT2D eigenvalue weighted by Gasteiger charge is 2.32. The van der Waals surface area contributed by atoms with Gasteiger partial charge in [-0.1, -0.05) is 5.16 Å². The van der Waals surface area contributed by atoms with Crippen molar-refractivity contribution in [2.75, 3.05) is 31.8 Å². The van der Waals surface area contributed by atoms with Crippen LogP contribution in [-0.2, 0) is 4.74 Å². The zero-order valence-corrected chi connectivity index (χ0v) is 15.0. The first-order valence-electron chi connectivity index (χ1n) is 8.80. The number of rotatable bonds is 7. The Balaban J connectivity index is 1.52. The lowest BCUT2D eigenvalue weighted by Crippen LogP contribution is -2.24. The van der Waals surface area contributed by atoms with Gasteiger partial charge in [-0.25, -0.2) is 9.97 Å². The molecule has 0 N–H and O–H groups in total. The summed E-state index contributed by atoms with van der Waals surface area (Å²) in [5, 5.41) is 4.10. The van der Waals surface area contributed by atoms with Crippen molar-refractivity contribution in [3.05, 3.63) is 42.7 Å². The number of pyridine rings is 1. The van der Waals surface area contributed by atoms with Crippen LogP contribution in [0, 0.1) is 0 Å². The normalized spacial score (nSPS) is 16.6. The largest absolute Gasteiger partial charge is 0.491 e. The molecule has 1 atom stereocenters. The van der Waals surface area contributed by atoms with E-state index in [0.29, 0.717) is 42.3 Å². The van der Waals surface area contributed by atoms with Crippen LogP contribution in [-0.4, -0.2) is 52.0 Å². The van der Waals surface area contributed by atoms with E-state index in [9.17, 15) is 0 Å². The molecule has 1 aliphatic heterocycles. The lowest BCUT2D eigenvalue weighted by Gasteiger charge is -2.21. The van der Waals surface area contributed by atoms with E-state index in [1.807, 2.05) is 0 Å². The summed E-state index contributed by atoms with van der Waals surface area (Å²) in [5.74, 6) is 2.33. The molecule has 0 aromatic carbocycles. The molecule has 0 amide bonds. The van der Waals surface area contributed by atoms with E-state index in [4.69, 9.17) is 14.0 Å². The quantitative estimate of drug-likeness (QED) is 0.581. The van der Waals surface area contributed by atoms with E-state index < -0.39 is 0 Å². The van der Waals surface area contributed by atoms with E-state index in [0.717, 1.165) is 19.4 Å². The molecule has 3 aromatic rings. The molecule has 4 heterocycles. The summed E-state index contributed by atoms with van der Waals surface area (Å²) < 4.78 is 16.1.